The van der Waals surface area contributed by atoms with Crippen molar-refractivity contribution in [2.75, 3.05) is 30.5 Å². The molecular weight excluding hydrogens is 268 g/mol. The van der Waals surface area contributed by atoms with E-state index in [2.05, 4.69) is 0 Å². The molecule has 2 aliphatic rings. The summed E-state index contributed by atoms with van der Waals surface area (Å²) < 4.78 is 11.0. The summed E-state index contributed by atoms with van der Waals surface area (Å²) in [4.78, 5) is 0. The molecule has 0 bridgehead atoms. The van der Waals surface area contributed by atoms with Crippen LogP contribution in [0.5, 0.6) is 11.5 Å². The van der Waals surface area contributed by atoms with Crippen LogP contribution in [0.3, 0.4) is 0 Å². The number of hydrogen-bond acceptors (Lipinski definition) is 5. The third kappa shape index (κ3) is 2.58. The summed E-state index contributed by atoms with van der Waals surface area (Å²) in [5.41, 5.74) is 0.930. The van der Waals surface area contributed by atoms with Crippen LogP contribution in [0, 0.1) is 0 Å². The van der Waals surface area contributed by atoms with Crippen molar-refractivity contribution in [1.82, 2.24) is 0 Å². The van der Waals surface area contributed by atoms with E-state index in [1.54, 1.807) is 0 Å². The maximum absolute atomic E-state index is 10.4. The van der Waals surface area contributed by atoms with Gasteiger partial charge in [-0.05, 0) is 17.7 Å². The number of aliphatic hydroxyl groups excluding tert-OH is 1. The minimum atomic E-state index is -0.418. The minimum absolute atomic E-state index is 0.284. The van der Waals surface area contributed by atoms with Crippen molar-refractivity contribution >= 4 is 23.5 Å². The Bertz CT molecular complexity index is 419. The predicted octanol–water partition coefficient (Wildman–Crippen LogP) is 2.34. The Balaban J connectivity index is 1.78. The summed E-state index contributed by atoms with van der Waals surface area (Å²) in [5.74, 6) is 4.86. The first-order valence-corrected chi connectivity index (χ1v) is 8.32. The maximum Gasteiger partial charge on any atom is 0.161 e. The lowest BCUT2D eigenvalue weighted by Crippen LogP contribution is -2.22. The van der Waals surface area contributed by atoms with Gasteiger partial charge in [-0.2, -0.15) is 23.5 Å². The number of fused-ring (bicyclic) bond motifs is 1. The average molecular weight is 284 g/mol. The van der Waals surface area contributed by atoms with Gasteiger partial charge in [0.15, 0.2) is 11.5 Å². The summed E-state index contributed by atoms with van der Waals surface area (Å²) in [5, 5.41) is 10.7. The molecule has 0 spiro atoms. The Hall–Kier alpha value is -0.520. The number of benzene rings is 1. The molecule has 0 aliphatic carbocycles. The molecule has 0 aromatic heterocycles. The minimum Gasteiger partial charge on any atom is -0.486 e. The molecule has 3 nitrogen and oxygen atoms in total. The number of thioether (sulfide) groups is 2. The topological polar surface area (TPSA) is 38.7 Å². The predicted molar refractivity (Wildman–Crippen MR) is 76.0 cm³/mol. The van der Waals surface area contributed by atoms with E-state index in [-0.39, 0.29) is 5.25 Å². The number of rotatable bonds is 2. The zero-order chi connectivity index (χ0) is 12.4. The molecular formula is C13H16O3S2. The Labute approximate surface area is 115 Å². The molecule has 1 aromatic carbocycles. The molecule has 2 unspecified atom stereocenters. The Morgan fingerprint density at radius 2 is 2.00 bits per heavy atom. The summed E-state index contributed by atoms with van der Waals surface area (Å²) in [7, 11) is 0. The molecule has 1 N–H and O–H groups in total. The summed E-state index contributed by atoms with van der Waals surface area (Å²) in [6, 6.07) is 5.75. The molecule has 98 valence electrons. The van der Waals surface area contributed by atoms with Crippen molar-refractivity contribution in [3.05, 3.63) is 23.8 Å². The van der Waals surface area contributed by atoms with Gasteiger partial charge in [0.2, 0.25) is 0 Å². The summed E-state index contributed by atoms with van der Waals surface area (Å²) in [6.07, 6.45) is -0.418. The molecule has 0 amide bonds. The largest absolute Gasteiger partial charge is 0.486 e. The van der Waals surface area contributed by atoms with Crippen molar-refractivity contribution in [2.45, 2.75) is 11.4 Å². The fraction of sp³-hybridized carbons (Fsp3) is 0.538. The van der Waals surface area contributed by atoms with Crippen LogP contribution < -0.4 is 9.47 Å². The van der Waals surface area contributed by atoms with Gasteiger partial charge in [0.1, 0.15) is 13.2 Å². The van der Waals surface area contributed by atoms with Gasteiger partial charge in [-0.15, -0.1) is 0 Å². The van der Waals surface area contributed by atoms with E-state index in [0.29, 0.717) is 13.2 Å². The molecule has 0 radical (unpaired) electrons. The second-order valence-electron chi connectivity index (χ2n) is 4.33. The van der Waals surface area contributed by atoms with Crippen molar-refractivity contribution in [1.29, 1.82) is 0 Å². The van der Waals surface area contributed by atoms with E-state index in [4.69, 9.17) is 9.47 Å². The Morgan fingerprint density at radius 3 is 2.78 bits per heavy atom. The van der Waals surface area contributed by atoms with Gasteiger partial charge in [0.25, 0.3) is 0 Å². The number of ether oxygens (including phenoxy) is 2. The first-order chi connectivity index (χ1) is 8.84. The second-order valence-corrected chi connectivity index (χ2v) is 6.83. The molecule has 3 rings (SSSR count). The SMILES string of the molecule is OC(c1ccc2c(c1)OCCO2)C1CSCCS1. The normalized spacial score (nSPS) is 24.6. The van der Waals surface area contributed by atoms with Crippen LogP contribution in [-0.2, 0) is 0 Å². The van der Waals surface area contributed by atoms with Gasteiger partial charge in [0.05, 0.1) is 6.10 Å². The second kappa shape index (κ2) is 5.63. The van der Waals surface area contributed by atoms with E-state index in [0.717, 1.165) is 28.6 Å². The summed E-state index contributed by atoms with van der Waals surface area (Å²) >= 11 is 3.78. The zero-order valence-electron chi connectivity index (χ0n) is 10.0. The van der Waals surface area contributed by atoms with Gasteiger partial charge in [-0.3, -0.25) is 0 Å². The van der Waals surface area contributed by atoms with E-state index < -0.39 is 6.10 Å². The summed E-state index contributed by atoms with van der Waals surface area (Å²) in [6.45, 7) is 1.19. The van der Waals surface area contributed by atoms with Crippen molar-refractivity contribution in [2.24, 2.45) is 0 Å². The third-order valence-electron chi connectivity index (χ3n) is 3.10. The van der Waals surface area contributed by atoms with Crippen LogP contribution in [0.25, 0.3) is 0 Å². The zero-order valence-corrected chi connectivity index (χ0v) is 11.6. The smallest absolute Gasteiger partial charge is 0.161 e. The van der Waals surface area contributed by atoms with Crippen molar-refractivity contribution in [3.8, 4) is 11.5 Å². The van der Waals surface area contributed by atoms with Crippen LogP contribution >= 0.6 is 23.5 Å². The van der Waals surface area contributed by atoms with Gasteiger partial charge < -0.3 is 14.6 Å². The molecule has 1 aromatic rings. The molecule has 1 saturated heterocycles. The van der Waals surface area contributed by atoms with Crippen molar-refractivity contribution in [3.63, 3.8) is 0 Å². The van der Waals surface area contributed by atoms with Crippen LogP contribution in [0.4, 0.5) is 0 Å². The standard InChI is InChI=1S/C13H16O3S2/c14-13(12-8-17-5-6-18-12)9-1-2-10-11(7-9)16-4-3-15-10/h1-2,7,12-14H,3-6,8H2. The van der Waals surface area contributed by atoms with Crippen LogP contribution in [0.2, 0.25) is 0 Å². The van der Waals surface area contributed by atoms with Crippen LogP contribution in [0.1, 0.15) is 11.7 Å². The lowest BCUT2D eigenvalue weighted by molar-refractivity contribution is 0.165. The molecule has 0 saturated carbocycles. The highest BCUT2D eigenvalue weighted by Crippen LogP contribution is 2.37. The number of aliphatic hydroxyl groups is 1. The molecule has 5 heteroatoms. The molecule has 2 aliphatic heterocycles. The number of hydrogen-bond donors (Lipinski definition) is 1. The highest BCUT2D eigenvalue weighted by atomic mass is 32.2. The monoisotopic (exact) mass is 284 g/mol. The Morgan fingerprint density at radius 1 is 1.17 bits per heavy atom. The lowest BCUT2D eigenvalue weighted by atomic mass is 10.1. The maximum atomic E-state index is 10.4. The van der Waals surface area contributed by atoms with E-state index >= 15 is 0 Å². The fourth-order valence-corrected chi connectivity index (χ4v) is 4.90. The highest BCUT2D eigenvalue weighted by molar-refractivity contribution is 8.06. The molecule has 18 heavy (non-hydrogen) atoms. The quantitative estimate of drug-likeness (QED) is 0.902. The van der Waals surface area contributed by atoms with Gasteiger partial charge in [-0.25, -0.2) is 0 Å². The average Bonchev–Trinajstić information content (AvgIpc) is 2.47. The van der Waals surface area contributed by atoms with Gasteiger partial charge in [-0.1, -0.05) is 6.07 Å². The van der Waals surface area contributed by atoms with Crippen LogP contribution in [0.15, 0.2) is 18.2 Å². The van der Waals surface area contributed by atoms with Gasteiger partial charge >= 0.3 is 0 Å². The molecule has 2 atom stereocenters. The Kier molecular flexibility index (Phi) is 3.91. The van der Waals surface area contributed by atoms with E-state index in [1.807, 2.05) is 41.7 Å². The third-order valence-corrected chi connectivity index (χ3v) is 5.95. The fourth-order valence-electron chi connectivity index (χ4n) is 2.15. The molecule has 2 heterocycles. The highest BCUT2D eigenvalue weighted by Gasteiger charge is 2.25. The first-order valence-electron chi connectivity index (χ1n) is 6.11. The lowest BCUT2D eigenvalue weighted by Gasteiger charge is -2.27. The first kappa shape index (κ1) is 12.5. The molecule has 1 fully saturated rings. The van der Waals surface area contributed by atoms with Crippen LogP contribution in [-0.4, -0.2) is 40.8 Å². The van der Waals surface area contributed by atoms with E-state index in [1.165, 1.54) is 5.75 Å². The van der Waals surface area contributed by atoms with Crippen molar-refractivity contribution < 1.29 is 14.6 Å². The van der Waals surface area contributed by atoms with E-state index in [9.17, 15) is 5.11 Å². The van der Waals surface area contributed by atoms with Gasteiger partial charge in [0, 0.05) is 22.5 Å².